The minimum Gasteiger partial charge on any atom is -0.342 e. The molecule has 198 valence electrons. The average molecular weight is 533 g/mol. The summed E-state index contributed by atoms with van der Waals surface area (Å²) in [6.07, 6.45) is 6.32. The van der Waals surface area contributed by atoms with Crippen LogP contribution in [-0.4, -0.2) is 46.0 Å². The van der Waals surface area contributed by atoms with E-state index in [1.807, 2.05) is 18.2 Å². The number of aromatic nitrogens is 7. The first-order valence-corrected chi connectivity index (χ1v) is 12.6. The van der Waals surface area contributed by atoms with Crippen LogP contribution in [0.2, 0.25) is 0 Å². The number of fused-ring (bicyclic) bond motifs is 2. The Morgan fingerprint density at radius 3 is 2.67 bits per heavy atom. The van der Waals surface area contributed by atoms with E-state index in [-0.39, 0.29) is 23.7 Å². The number of carbonyl (C=O) groups excluding carboxylic acids is 2. The zero-order valence-corrected chi connectivity index (χ0v) is 21.7. The number of carbonyl (C=O) groups is 2. The van der Waals surface area contributed by atoms with E-state index in [1.54, 1.807) is 67.2 Å². The number of rotatable bonds is 7. The maximum absolute atomic E-state index is 14.1. The molecule has 4 aromatic heterocycles. The van der Waals surface area contributed by atoms with Crippen molar-refractivity contribution in [1.82, 2.24) is 39.7 Å². The summed E-state index contributed by atoms with van der Waals surface area (Å²) < 4.78 is 3.04. The van der Waals surface area contributed by atoms with Crippen molar-refractivity contribution < 1.29 is 9.59 Å². The topological polar surface area (TPSA) is 140 Å². The molecule has 0 saturated carbocycles. The number of para-hydroxylation sites is 1. The smallest absolute Gasteiger partial charge is 0.266 e. The molecule has 0 bridgehead atoms. The Kier molecular flexibility index (Phi) is 6.23. The molecule has 2 aromatic carbocycles. The predicted octanol–water partition coefficient (Wildman–Crippen LogP) is 3.38. The highest BCUT2D eigenvalue weighted by atomic mass is 16.2. The molecule has 6 rings (SSSR count). The number of nitrogens with one attached hydrogen (secondary N) is 2. The Balaban J connectivity index is 1.46. The van der Waals surface area contributed by atoms with Gasteiger partial charge in [-0.25, -0.2) is 14.5 Å². The quantitative estimate of drug-likeness (QED) is 0.300. The number of amides is 1. The van der Waals surface area contributed by atoms with Gasteiger partial charge >= 0.3 is 0 Å². The lowest BCUT2D eigenvalue weighted by atomic mass is 10.0. The Bertz CT molecular complexity index is 1940. The van der Waals surface area contributed by atoms with Gasteiger partial charge in [0.15, 0.2) is 11.4 Å². The number of benzene rings is 2. The van der Waals surface area contributed by atoms with Gasteiger partial charge in [-0.2, -0.15) is 10.2 Å². The molecule has 0 aliphatic rings. The van der Waals surface area contributed by atoms with Gasteiger partial charge in [-0.3, -0.25) is 24.0 Å². The molecule has 0 aliphatic heterocycles. The lowest BCUT2D eigenvalue weighted by Gasteiger charge is -2.20. The normalized spacial score (nSPS) is 12.1. The Labute approximate surface area is 227 Å². The molecule has 6 aromatic rings. The number of nitrogens with zero attached hydrogens (tertiary/aromatic N) is 6. The van der Waals surface area contributed by atoms with Gasteiger partial charge in [-0.05, 0) is 43.7 Å². The van der Waals surface area contributed by atoms with Crippen molar-refractivity contribution in [1.29, 1.82) is 0 Å². The monoisotopic (exact) mass is 532 g/mol. The van der Waals surface area contributed by atoms with E-state index in [1.165, 1.54) is 17.0 Å². The van der Waals surface area contributed by atoms with Crippen molar-refractivity contribution in [3.63, 3.8) is 0 Å². The summed E-state index contributed by atoms with van der Waals surface area (Å²) in [7, 11) is 0. The van der Waals surface area contributed by atoms with Gasteiger partial charge in [0, 0.05) is 25.0 Å². The van der Waals surface area contributed by atoms with Crippen LogP contribution in [0.1, 0.15) is 50.8 Å². The van der Waals surface area contributed by atoms with Crippen LogP contribution in [0.5, 0.6) is 0 Å². The van der Waals surface area contributed by atoms with Gasteiger partial charge in [0.25, 0.3) is 11.5 Å². The Morgan fingerprint density at radius 1 is 1.07 bits per heavy atom. The second-order valence-corrected chi connectivity index (χ2v) is 9.39. The van der Waals surface area contributed by atoms with Crippen LogP contribution >= 0.6 is 0 Å². The maximum Gasteiger partial charge on any atom is 0.266 e. The highest BCUT2D eigenvalue weighted by Crippen LogP contribution is 2.22. The summed E-state index contributed by atoms with van der Waals surface area (Å²) >= 11 is 0. The lowest BCUT2D eigenvalue weighted by Crippen LogP contribution is -2.33. The van der Waals surface area contributed by atoms with Gasteiger partial charge in [-0.15, -0.1) is 0 Å². The molecular formula is C29H24N8O3. The molecule has 11 heteroatoms. The number of ketones is 1. The van der Waals surface area contributed by atoms with Gasteiger partial charge in [0.05, 0.1) is 40.1 Å². The fraction of sp³-hybridized carbons (Fsp3) is 0.138. The van der Waals surface area contributed by atoms with Crippen LogP contribution in [0, 0.1) is 6.92 Å². The molecule has 0 radical (unpaired) electrons. The van der Waals surface area contributed by atoms with Crippen LogP contribution in [0.4, 0.5) is 0 Å². The Hall–Kier alpha value is -5.45. The van der Waals surface area contributed by atoms with Crippen LogP contribution in [0.25, 0.3) is 22.2 Å². The molecule has 0 spiro atoms. The van der Waals surface area contributed by atoms with E-state index in [9.17, 15) is 14.4 Å². The molecule has 1 atom stereocenters. The molecule has 11 nitrogen and oxygen atoms in total. The van der Waals surface area contributed by atoms with Crippen LogP contribution in [0.3, 0.4) is 0 Å². The summed E-state index contributed by atoms with van der Waals surface area (Å²) in [5.74, 6) is -0.210. The molecule has 0 fully saturated rings. The summed E-state index contributed by atoms with van der Waals surface area (Å²) in [4.78, 5) is 49.6. The SMILES string of the molecule is Cc1nn2cccnc2c1C(=O)N[C@H](C)c1nc2cccc(CC(=O)c3cn[nH]c3)c2c(=O)n1-c1ccccc1. The van der Waals surface area contributed by atoms with E-state index in [2.05, 4.69) is 25.6 Å². The average Bonchev–Trinajstić information content (AvgIpc) is 3.61. The van der Waals surface area contributed by atoms with Crippen LogP contribution in [0.15, 0.2) is 84.2 Å². The van der Waals surface area contributed by atoms with Crippen molar-refractivity contribution in [3.05, 3.63) is 118 Å². The molecule has 40 heavy (non-hydrogen) atoms. The minimum atomic E-state index is -0.668. The van der Waals surface area contributed by atoms with E-state index >= 15 is 0 Å². The first-order valence-electron chi connectivity index (χ1n) is 12.6. The van der Waals surface area contributed by atoms with E-state index in [4.69, 9.17) is 4.98 Å². The van der Waals surface area contributed by atoms with Crippen LogP contribution in [-0.2, 0) is 6.42 Å². The van der Waals surface area contributed by atoms with Crippen LogP contribution < -0.4 is 10.9 Å². The molecule has 0 aliphatic carbocycles. The number of aromatic amines is 1. The molecule has 1 amide bonds. The van der Waals surface area contributed by atoms with Crippen molar-refractivity contribution in [2.24, 2.45) is 0 Å². The fourth-order valence-corrected chi connectivity index (χ4v) is 4.85. The van der Waals surface area contributed by atoms with Gasteiger partial charge in [-0.1, -0.05) is 30.3 Å². The van der Waals surface area contributed by atoms with Gasteiger partial charge in [0.2, 0.25) is 0 Å². The Morgan fingerprint density at radius 2 is 1.90 bits per heavy atom. The van der Waals surface area contributed by atoms with E-state index < -0.39 is 6.04 Å². The third-order valence-electron chi connectivity index (χ3n) is 6.73. The zero-order chi connectivity index (χ0) is 27.8. The predicted molar refractivity (Wildman–Crippen MR) is 148 cm³/mol. The number of Topliss-reactive ketones (excluding diaryl/α,β-unsaturated/α-hetero) is 1. The highest BCUT2D eigenvalue weighted by Gasteiger charge is 2.25. The first-order chi connectivity index (χ1) is 19.4. The second-order valence-electron chi connectivity index (χ2n) is 9.39. The lowest BCUT2D eigenvalue weighted by molar-refractivity contribution is 0.0937. The zero-order valence-electron chi connectivity index (χ0n) is 21.7. The van der Waals surface area contributed by atoms with E-state index in [0.29, 0.717) is 50.4 Å². The fourth-order valence-electron chi connectivity index (χ4n) is 4.85. The summed E-state index contributed by atoms with van der Waals surface area (Å²) in [6.45, 7) is 3.51. The molecule has 0 saturated heterocycles. The standard InChI is InChI=1S/C29H24N8O3/c1-17-24(27-30-12-7-13-36(27)35-17)28(39)33-18(2)26-34-22-11-6-8-19(14-23(38)20-15-31-32-16-20)25(22)29(40)37(26)21-9-4-3-5-10-21/h3-13,15-16,18H,14H2,1-2H3,(H,31,32)(H,33,39)/t18-/m1/s1. The number of aryl methyl sites for hydroxylation is 1. The molecule has 4 heterocycles. The minimum absolute atomic E-state index is 0.00915. The molecule has 0 unspecified atom stereocenters. The summed E-state index contributed by atoms with van der Waals surface area (Å²) in [6, 6.07) is 15.4. The van der Waals surface area contributed by atoms with Crippen molar-refractivity contribution in [2.75, 3.05) is 0 Å². The largest absolute Gasteiger partial charge is 0.342 e. The van der Waals surface area contributed by atoms with Gasteiger partial charge in [0.1, 0.15) is 11.4 Å². The first kappa shape index (κ1) is 24.9. The third kappa shape index (κ3) is 4.33. The second kappa shape index (κ2) is 10.0. The number of hydrogen-bond donors (Lipinski definition) is 2. The molecular weight excluding hydrogens is 508 g/mol. The maximum atomic E-state index is 14.1. The number of hydrogen-bond acceptors (Lipinski definition) is 7. The molecule has 2 N–H and O–H groups in total. The van der Waals surface area contributed by atoms with Gasteiger partial charge < -0.3 is 5.32 Å². The summed E-state index contributed by atoms with van der Waals surface area (Å²) in [5.41, 5.74) is 2.98. The van der Waals surface area contributed by atoms with E-state index in [0.717, 1.165) is 0 Å². The third-order valence-corrected chi connectivity index (χ3v) is 6.73. The highest BCUT2D eigenvalue weighted by molar-refractivity contribution is 6.01. The van der Waals surface area contributed by atoms with Crippen molar-refractivity contribution >= 4 is 28.2 Å². The number of H-pyrrole nitrogens is 1. The van der Waals surface area contributed by atoms with Crippen molar-refractivity contribution in [2.45, 2.75) is 26.3 Å². The van der Waals surface area contributed by atoms with Crippen molar-refractivity contribution in [3.8, 4) is 5.69 Å². The summed E-state index contributed by atoms with van der Waals surface area (Å²) in [5, 5.41) is 14.2.